The Morgan fingerprint density at radius 2 is 1.75 bits per heavy atom. The molecule has 1 fully saturated rings. The van der Waals surface area contributed by atoms with E-state index in [4.69, 9.17) is 0 Å². The smallest absolute Gasteiger partial charge is 0.252 e. The molecule has 2 aromatic carbocycles. The second-order valence-corrected chi connectivity index (χ2v) is 8.69. The van der Waals surface area contributed by atoms with Crippen LogP contribution in [-0.4, -0.2) is 32.9 Å². The Kier molecular flexibility index (Phi) is 5.48. The normalized spacial score (nSPS) is 18.1. The van der Waals surface area contributed by atoms with Crippen LogP contribution in [0.5, 0.6) is 0 Å². The molecular formula is C23H19F2N5OS. The van der Waals surface area contributed by atoms with Crippen LogP contribution in [0.15, 0.2) is 54.9 Å². The number of thiazole rings is 1. The summed E-state index contributed by atoms with van der Waals surface area (Å²) < 4.78 is 28.2. The van der Waals surface area contributed by atoms with Crippen molar-refractivity contribution in [3.8, 4) is 11.4 Å². The minimum atomic E-state index is -0.502. The average Bonchev–Trinajstić information content (AvgIpc) is 3.40. The van der Waals surface area contributed by atoms with Gasteiger partial charge in [-0.25, -0.2) is 23.7 Å². The number of aromatic nitrogens is 3. The molecule has 9 heteroatoms. The Balaban J connectivity index is 1.35. The van der Waals surface area contributed by atoms with Crippen molar-refractivity contribution < 1.29 is 13.6 Å². The number of benzene rings is 2. The number of carbonyl (C=O) groups excluding carboxylic acids is 1. The standard InChI is InChI=1S/C23H19F2N5OS/c24-13-5-7-15(21-26-9-2-10-27-21)16(11-13)22(31)28-17-3-1-4-18(17)29-23-30-19-8-6-14(25)12-20(19)32-23/h2,5-12,17-18H,1,3-4H2,(H,28,31)(H,29,30)/t17-,18-/m0/s1. The first kappa shape index (κ1) is 20.4. The molecule has 6 nitrogen and oxygen atoms in total. The van der Waals surface area contributed by atoms with E-state index in [1.54, 1.807) is 24.5 Å². The Labute approximate surface area is 186 Å². The molecule has 2 heterocycles. The van der Waals surface area contributed by atoms with Crippen LogP contribution in [-0.2, 0) is 0 Å². The van der Waals surface area contributed by atoms with Gasteiger partial charge in [0.15, 0.2) is 11.0 Å². The van der Waals surface area contributed by atoms with Gasteiger partial charge in [0.25, 0.3) is 5.91 Å². The summed E-state index contributed by atoms with van der Waals surface area (Å²) in [6, 6.07) is 10.0. The minimum absolute atomic E-state index is 0.0330. The third kappa shape index (κ3) is 4.16. The molecule has 0 aliphatic heterocycles. The van der Waals surface area contributed by atoms with Gasteiger partial charge in [0.05, 0.1) is 15.8 Å². The number of anilines is 1. The van der Waals surface area contributed by atoms with Crippen LogP contribution in [0, 0.1) is 11.6 Å². The molecule has 32 heavy (non-hydrogen) atoms. The lowest BCUT2D eigenvalue weighted by Crippen LogP contribution is -2.43. The maximum absolute atomic E-state index is 14.0. The summed E-state index contributed by atoms with van der Waals surface area (Å²) >= 11 is 1.38. The van der Waals surface area contributed by atoms with E-state index in [0.717, 1.165) is 29.5 Å². The predicted octanol–water partition coefficient (Wildman–Crippen LogP) is 4.79. The maximum Gasteiger partial charge on any atom is 0.252 e. The molecule has 0 radical (unpaired) electrons. The SMILES string of the molecule is O=C(N[C@H]1CCC[C@@H]1Nc1nc2ccc(F)cc2s1)c1cc(F)ccc1-c1ncccn1. The Hall–Kier alpha value is -3.46. The van der Waals surface area contributed by atoms with Crippen LogP contribution in [0.4, 0.5) is 13.9 Å². The lowest BCUT2D eigenvalue weighted by atomic mass is 10.0. The van der Waals surface area contributed by atoms with E-state index in [-0.39, 0.29) is 29.4 Å². The van der Waals surface area contributed by atoms with Crippen LogP contribution in [0.2, 0.25) is 0 Å². The van der Waals surface area contributed by atoms with E-state index in [1.165, 1.54) is 41.7 Å². The zero-order chi connectivity index (χ0) is 22.1. The molecule has 0 bridgehead atoms. The van der Waals surface area contributed by atoms with Crippen molar-refractivity contribution in [2.24, 2.45) is 0 Å². The quantitative estimate of drug-likeness (QED) is 0.456. The largest absolute Gasteiger partial charge is 0.357 e. The molecule has 4 aromatic rings. The molecule has 5 rings (SSSR count). The van der Waals surface area contributed by atoms with Crippen molar-refractivity contribution in [1.82, 2.24) is 20.3 Å². The first-order chi connectivity index (χ1) is 15.6. The molecule has 2 N–H and O–H groups in total. The molecule has 0 unspecified atom stereocenters. The van der Waals surface area contributed by atoms with Crippen molar-refractivity contribution in [3.63, 3.8) is 0 Å². The third-order valence-electron chi connectivity index (χ3n) is 5.52. The molecule has 1 aliphatic rings. The van der Waals surface area contributed by atoms with Gasteiger partial charge >= 0.3 is 0 Å². The Morgan fingerprint density at radius 1 is 1.00 bits per heavy atom. The van der Waals surface area contributed by atoms with Gasteiger partial charge in [0.2, 0.25) is 0 Å². The molecule has 2 aromatic heterocycles. The summed E-state index contributed by atoms with van der Waals surface area (Å²) in [5, 5.41) is 7.11. The van der Waals surface area contributed by atoms with Crippen LogP contribution in [0.3, 0.4) is 0 Å². The minimum Gasteiger partial charge on any atom is -0.357 e. The monoisotopic (exact) mass is 451 g/mol. The van der Waals surface area contributed by atoms with Crippen LogP contribution >= 0.6 is 11.3 Å². The second kappa shape index (κ2) is 8.58. The molecular weight excluding hydrogens is 432 g/mol. The van der Waals surface area contributed by atoms with E-state index in [1.807, 2.05) is 0 Å². The van der Waals surface area contributed by atoms with E-state index in [9.17, 15) is 13.6 Å². The van der Waals surface area contributed by atoms with Crippen LogP contribution in [0.25, 0.3) is 21.6 Å². The van der Waals surface area contributed by atoms with Crippen molar-refractivity contribution in [2.45, 2.75) is 31.3 Å². The first-order valence-electron chi connectivity index (χ1n) is 10.3. The highest BCUT2D eigenvalue weighted by Crippen LogP contribution is 2.30. The summed E-state index contributed by atoms with van der Waals surface area (Å²) in [5.41, 5.74) is 1.39. The number of nitrogens with zero attached hydrogens (tertiary/aromatic N) is 3. The maximum atomic E-state index is 14.0. The molecule has 0 spiro atoms. The van der Waals surface area contributed by atoms with Crippen molar-refractivity contribution in [1.29, 1.82) is 0 Å². The zero-order valence-electron chi connectivity index (χ0n) is 16.9. The third-order valence-corrected chi connectivity index (χ3v) is 6.47. The van der Waals surface area contributed by atoms with Crippen molar-refractivity contribution in [3.05, 3.63) is 72.1 Å². The lowest BCUT2D eigenvalue weighted by molar-refractivity contribution is 0.0936. The number of fused-ring (bicyclic) bond motifs is 1. The average molecular weight is 452 g/mol. The fraction of sp³-hybridized carbons (Fsp3) is 0.217. The number of nitrogens with one attached hydrogen (secondary N) is 2. The molecule has 162 valence electrons. The van der Waals surface area contributed by atoms with E-state index in [2.05, 4.69) is 25.6 Å². The lowest BCUT2D eigenvalue weighted by Gasteiger charge is -2.22. The fourth-order valence-corrected chi connectivity index (χ4v) is 4.96. The number of carbonyl (C=O) groups is 1. The first-order valence-corrected chi connectivity index (χ1v) is 11.1. The number of hydrogen-bond donors (Lipinski definition) is 2. The van der Waals surface area contributed by atoms with Gasteiger partial charge in [0, 0.05) is 30.0 Å². The number of halogens is 2. The van der Waals surface area contributed by atoms with E-state index >= 15 is 0 Å². The van der Waals surface area contributed by atoms with Gasteiger partial charge in [-0.05, 0) is 61.7 Å². The van der Waals surface area contributed by atoms with Gasteiger partial charge in [0.1, 0.15) is 11.6 Å². The van der Waals surface area contributed by atoms with Gasteiger partial charge in [-0.15, -0.1) is 0 Å². The predicted molar refractivity (Wildman–Crippen MR) is 120 cm³/mol. The summed E-state index contributed by atoms with van der Waals surface area (Å²) in [6.45, 7) is 0. The van der Waals surface area contributed by atoms with Gasteiger partial charge in [-0.2, -0.15) is 0 Å². The molecule has 1 saturated carbocycles. The highest BCUT2D eigenvalue weighted by Gasteiger charge is 2.30. The van der Waals surface area contributed by atoms with Crippen molar-refractivity contribution >= 4 is 32.6 Å². The molecule has 1 amide bonds. The summed E-state index contributed by atoms with van der Waals surface area (Å²) in [6.07, 6.45) is 5.73. The Morgan fingerprint density at radius 3 is 2.59 bits per heavy atom. The number of hydrogen-bond acceptors (Lipinski definition) is 6. The number of rotatable bonds is 5. The summed E-state index contributed by atoms with van der Waals surface area (Å²) in [4.78, 5) is 26.0. The fourth-order valence-electron chi connectivity index (χ4n) is 4.01. The van der Waals surface area contributed by atoms with Gasteiger partial charge < -0.3 is 10.6 Å². The zero-order valence-corrected chi connectivity index (χ0v) is 17.7. The highest BCUT2D eigenvalue weighted by atomic mass is 32.1. The molecule has 1 aliphatic carbocycles. The molecule has 2 atom stereocenters. The highest BCUT2D eigenvalue weighted by molar-refractivity contribution is 7.22. The van der Waals surface area contributed by atoms with Gasteiger partial charge in [-0.1, -0.05) is 11.3 Å². The van der Waals surface area contributed by atoms with E-state index in [0.29, 0.717) is 16.5 Å². The van der Waals surface area contributed by atoms with Crippen molar-refractivity contribution in [2.75, 3.05) is 5.32 Å². The summed E-state index contributed by atoms with van der Waals surface area (Å²) in [5.74, 6) is -0.817. The topological polar surface area (TPSA) is 79.8 Å². The van der Waals surface area contributed by atoms with E-state index < -0.39 is 5.82 Å². The van der Waals surface area contributed by atoms with Crippen LogP contribution < -0.4 is 10.6 Å². The van der Waals surface area contributed by atoms with Crippen LogP contribution in [0.1, 0.15) is 29.6 Å². The Bertz CT molecular complexity index is 1280. The van der Waals surface area contributed by atoms with Gasteiger partial charge in [-0.3, -0.25) is 4.79 Å². The second-order valence-electron chi connectivity index (χ2n) is 7.66. The summed E-state index contributed by atoms with van der Waals surface area (Å²) in [7, 11) is 0. The number of amides is 1. The molecule has 0 saturated heterocycles.